The lowest BCUT2D eigenvalue weighted by molar-refractivity contribution is 0.518. The zero-order valence-corrected chi connectivity index (χ0v) is 14.2. The second kappa shape index (κ2) is 6.52. The van der Waals surface area contributed by atoms with Crippen LogP contribution in [0.25, 0.3) is 11.7 Å². The van der Waals surface area contributed by atoms with Gasteiger partial charge in [-0.1, -0.05) is 25.1 Å². The molecule has 0 amide bonds. The molecule has 0 unspecified atom stereocenters. The fourth-order valence-corrected chi connectivity index (χ4v) is 3.41. The van der Waals surface area contributed by atoms with Crippen molar-refractivity contribution in [1.82, 2.24) is 4.98 Å². The summed E-state index contributed by atoms with van der Waals surface area (Å²) in [7, 11) is -3.80. The first-order chi connectivity index (χ1) is 11.5. The third-order valence-electron chi connectivity index (χ3n) is 3.63. The van der Waals surface area contributed by atoms with Crippen LogP contribution in [0.3, 0.4) is 0 Å². The number of rotatable bonds is 6. The van der Waals surface area contributed by atoms with E-state index in [-0.39, 0.29) is 27.7 Å². The summed E-state index contributed by atoms with van der Waals surface area (Å²) in [5, 5.41) is 2.93. The maximum absolute atomic E-state index is 12.9. The monoisotopic (exact) mass is 346 g/mol. The lowest BCUT2D eigenvalue weighted by Crippen LogP contribution is -2.15. The van der Waals surface area contributed by atoms with Crippen molar-refractivity contribution in [1.29, 1.82) is 0 Å². The Morgan fingerprint density at radius 2 is 1.92 bits per heavy atom. The van der Waals surface area contributed by atoms with Gasteiger partial charge in [0.15, 0.2) is 5.76 Å². The van der Waals surface area contributed by atoms with Gasteiger partial charge in [0.1, 0.15) is 0 Å². The molecule has 3 aromatic rings. The molecule has 2 heterocycles. The van der Waals surface area contributed by atoms with Gasteiger partial charge in [-0.2, -0.15) is 4.98 Å². The molecule has 1 aromatic carbocycles. The zero-order valence-electron chi connectivity index (χ0n) is 13.4. The number of sulfone groups is 1. The van der Waals surface area contributed by atoms with E-state index in [0.29, 0.717) is 5.76 Å². The number of hydrogen-bond acceptors (Lipinski definition) is 6. The van der Waals surface area contributed by atoms with Crippen molar-refractivity contribution in [3.8, 4) is 11.7 Å². The molecule has 1 N–H and O–H groups in total. The summed E-state index contributed by atoms with van der Waals surface area (Å²) in [6, 6.07) is 11.5. The van der Waals surface area contributed by atoms with E-state index < -0.39 is 9.84 Å². The first-order valence-corrected chi connectivity index (χ1v) is 9.12. The Morgan fingerprint density at radius 1 is 1.17 bits per heavy atom. The van der Waals surface area contributed by atoms with Gasteiger partial charge in [0.25, 0.3) is 5.89 Å². The summed E-state index contributed by atoms with van der Waals surface area (Å²) in [5.74, 6) is 0.622. The largest absolute Gasteiger partial charge is 0.459 e. The fraction of sp³-hybridized carbons (Fsp3) is 0.235. The Bertz CT molecular complexity index is 899. The summed E-state index contributed by atoms with van der Waals surface area (Å²) in [5.41, 5.74) is 0. The molecule has 0 fully saturated rings. The van der Waals surface area contributed by atoms with Crippen LogP contribution in [0.15, 0.2) is 67.5 Å². The van der Waals surface area contributed by atoms with Gasteiger partial charge in [-0.05, 0) is 37.6 Å². The molecule has 0 bridgehead atoms. The lowest BCUT2D eigenvalue weighted by atomic mass is 10.3. The molecule has 0 aliphatic carbocycles. The Hall–Kier alpha value is -2.54. The molecule has 1 atom stereocenters. The Balaban J connectivity index is 2.11. The van der Waals surface area contributed by atoms with Gasteiger partial charge >= 0.3 is 0 Å². The second-order valence-electron chi connectivity index (χ2n) is 5.40. The number of furan rings is 1. The van der Waals surface area contributed by atoms with Gasteiger partial charge in [-0.3, -0.25) is 0 Å². The molecule has 0 aliphatic heterocycles. The molecule has 7 heteroatoms. The number of nitrogens with one attached hydrogen (secondary N) is 1. The Labute approximate surface area is 140 Å². The van der Waals surface area contributed by atoms with E-state index in [1.807, 2.05) is 13.8 Å². The third-order valence-corrected chi connectivity index (χ3v) is 5.30. The predicted molar refractivity (Wildman–Crippen MR) is 89.5 cm³/mol. The number of anilines is 1. The molecule has 0 spiro atoms. The smallest absolute Gasteiger partial charge is 0.266 e. The summed E-state index contributed by atoms with van der Waals surface area (Å²) in [6.07, 6.45) is 2.29. The molecule has 126 valence electrons. The molecule has 24 heavy (non-hydrogen) atoms. The molecule has 0 saturated heterocycles. The number of benzene rings is 1. The number of hydrogen-bond donors (Lipinski definition) is 1. The zero-order chi connectivity index (χ0) is 17.2. The minimum Gasteiger partial charge on any atom is -0.459 e. The highest BCUT2D eigenvalue weighted by atomic mass is 32.2. The van der Waals surface area contributed by atoms with Crippen LogP contribution in [0.5, 0.6) is 0 Å². The summed E-state index contributed by atoms with van der Waals surface area (Å²) in [4.78, 5) is 4.34. The van der Waals surface area contributed by atoms with Crippen LogP contribution in [-0.2, 0) is 9.84 Å². The van der Waals surface area contributed by atoms with Gasteiger partial charge in [-0.25, -0.2) is 8.42 Å². The van der Waals surface area contributed by atoms with Crippen molar-refractivity contribution in [3.05, 3.63) is 48.7 Å². The van der Waals surface area contributed by atoms with Crippen molar-refractivity contribution >= 4 is 15.7 Å². The SMILES string of the molecule is CC[C@H](C)Nc1oc(-c2ccco2)nc1S(=O)(=O)c1ccccc1. The van der Waals surface area contributed by atoms with Crippen molar-refractivity contribution in [2.45, 2.75) is 36.2 Å². The van der Waals surface area contributed by atoms with Crippen LogP contribution >= 0.6 is 0 Å². The number of oxazole rings is 1. The van der Waals surface area contributed by atoms with E-state index in [9.17, 15) is 8.42 Å². The van der Waals surface area contributed by atoms with Crippen LogP contribution in [0.2, 0.25) is 0 Å². The molecule has 0 saturated carbocycles. The minimum atomic E-state index is -3.80. The van der Waals surface area contributed by atoms with Crippen molar-refractivity contribution in [2.24, 2.45) is 0 Å². The van der Waals surface area contributed by atoms with E-state index in [2.05, 4.69) is 10.3 Å². The molecule has 0 aliphatic rings. The first kappa shape index (κ1) is 16.3. The highest BCUT2D eigenvalue weighted by molar-refractivity contribution is 7.91. The quantitative estimate of drug-likeness (QED) is 0.727. The molecule has 2 aromatic heterocycles. The van der Waals surface area contributed by atoms with Crippen LogP contribution in [0.1, 0.15) is 20.3 Å². The lowest BCUT2D eigenvalue weighted by Gasteiger charge is -2.11. The number of aromatic nitrogens is 1. The number of nitrogens with zero attached hydrogens (tertiary/aromatic N) is 1. The Kier molecular flexibility index (Phi) is 4.44. The summed E-state index contributed by atoms with van der Waals surface area (Å²) in [6.45, 7) is 3.93. The van der Waals surface area contributed by atoms with Gasteiger partial charge in [0.2, 0.25) is 20.7 Å². The second-order valence-corrected chi connectivity index (χ2v) is 7.27. The van der Waals surface area contributed by atoms with Gasteiger partial charge in [0, 0.05) is 6.04 Å². The van der Waals surface area contributed by atoms with Crippen LogP contribution in [0, 0.1) is 0 Å². The average molecular weight is 346 g/mol. The maximum atomic E-state index is 12.9. The minimum absolute atomic E-state index is 0.0344. The highest BCUT2D eigenvalue weighted by Crippen LogP contribution is 2.32. The van der Waals surface area contributed by atoms with E-state index in [1.54, 1.807) is 30.3 Å². The average Bonchev–Trinajstić information content (AvgIpc) is 3.25. The highest BCUT2D eigenvalue weighted by Gasteiger charge is 2.29. The predicted octanol–water partition coefficient (Wildman–Crippen LogP) is 3.98. The molecule has 0 radical (unpaired) electrons. The van der Waals surface area contributed by atoms with Crippen LogP contribution in [0.4, 0.5) is 5.88 Å². The van der Waals surface area contributed by atoms with Crippen LogP contribution < -0.4 is 5.32 Å². The van der Waals surface area contributed by atoms with Crippen molar-refractivity contribution < 1.29 is 17.3 Å². The third kappa shape index (κ3) is 3.07. The van der Waals surface area contributed by atoms with E-state index in [0.717, 1.165) is 6.42 Å². The topological polar surface area (TPSA) is 85.3 Å². The van der Waals surface area contributed by atoms with E-state index in [1.165, 1.54) is 18.4 Å². The van der Waals surface area contributed by atoms with E-state index in [4.69, 9.17) is 8.83 Å². The Morgan fingerprint density at radius 3 is 2.54 bits per heavy atom. The van der Waals surface area contributed by atoms with Crippen molar-refractivity contribution in [3.63, 3.8) is 0 Å². The fourth-order valence-electron chi connectivity index (χ4n) is 2.12. The first-order valence-electron chi connectivity index (χ1n) is 7.63. The molecule has 6 nitrogen and oxygen atoms in total. The molecular weight excluding hydrogens is 328 g/mol. The van der Waals surface area contributed by atoms with Gasteiger partial charge in [-0.15, -0.1) is 0 Å². The van der Waals surface area contributed by atoms with E-state index >= 15 is 0 Å². The van der Waals surface area contributed by atoms with Crippen LogP contribution in [-0.4, -0.2) is 19.4 Å². The van der Waals surface area contributed by atoms with Gasteiger partial charge in [0.05, 0.1) is 11.2 Å². The van der Waals surface area contributed by atoms with Gasteiger partial charge < -0.3 is 14.2 Å². The molecule has 3 rings (SSSR count). The summed E-state index contributed by atoms with van der Waals surface area (Å²) < 4.78 is 36.7. The summed E-state index contributed by atoms with van der Waals surface area (Å²) >= 11 is 0. The van der Waals surface area contributed by atoms with Crippen molar-refractivity contribution in [2.75, 3.05) is 5.32 Å². The normalized spacial score (nSPS) is 12.9. The maximum Gasteiger partial charge on any atom is 0.266 e. The standard InChI is InChI=1S/C17H18N2O4S/c1-3-12(2)18-16-17(19-15(23-16)14-10-7-11-22-14)24(20,21)13-8-5-4-6-9-13/h4-12,18H,3H2,1-2H3/t12-/m0/s1. The molecular formula is C17H18N2O4S.